The monoisotopic (exact) mass is 222 g/mol. The van der Waals surface area contributed by atoms with E-state index in [0.29, 0.717) is 5.11 Å². The van der Waals surface area contributed by atoms with Crippen LogP contribution >= 0.6 is 24.0 Å². The maximum Gasteiger partial charge on any atom is 0.313 e. The molecule has 0 radical (unpaired) electrons. The molecule has 1 atom stereocenters. The van der Waals surface area contributed by atoms with E-state index in [1.165, 1.54) is 11.8 Å². The number of carboxylic acid groups (broad SMARTS) is 1. The molecule has 13 heavy (non-hydrogen) atoms. The highest BCUT2D eigenvalue weighted by Gasteiger charge is 2.05. The molecule has 0 aliphatic carbocycles. The van der Waals surface area contributed by atoms with Crippen LogP contribution in [0.1, 0.15) is 13.8 Å². The van der Waals surface area contributed by atoms with Gasteiger partial charge in [0.25, 0.3) is 0 Å². The van der Waals surface area contributed by atoms with Gasteiger partial charge in [0, 0.05) is 6.54 Å². The van der Waals surface area contributed by atoms with E-state index in [1.54, 1.807) is 0 Å². The van der Waals surface area contributed by atoms with Crippen molar-refractivity contribution < 1.29 is 9.90 Å². The summed E-state index contributed by atoms with van der Waals surface area (Å²) in [7, 11) is 0. The highest BCUT2D eigenvalue weighted by Crippen LogP contribution is 2.05. The van der Waals surface area contributed by atoms with Gasteiger partial charge in [0.2, 0.25) is 0 Å². The SMILES string of the molecule is CCNC(=S)NC(C)SCC(=O)O. The molecule has 0 aliphatic rings. The predicted molar refractivity (Wildman–Crippen MR) is 59.0 cm³/mol. The minimum absolute atomic E-state index is 0.0163. The molecule has 0 bridgehead atoms. The zero-order valence-corrected chi connectivity index (χ0v) is 9.30. The van der Waals surface area contributed by atoms with Crippen LogP contribution in [0, 0.1) is 0 Å². The van der Waals surface area contributed by atoms with Gasteiger partial charge in [-0.25, -0.2) is 0 Å². The molecule has 0 aromatic carbocycles. The minimum atomic E-state index is -0.812. The fourth-order valence-corrected chi connectivity index (χ4v) is 1.62. The van der Waals surface area contributed by atoms with E-state index in [-0.39, 0.29) is 11.1 Å². The molecule has 0 aromatic rings. The van der Waals surface area contributed by atoms with Gasteiger partial charge in [-0.05, 0) is 26.1 Å². The first-order valence-electron chi connectivity index (χ1n) is 3.94. The largest absolute Gasteiger partial charge is 0.481 e. The van der Waals surface area contributed by atoms with Gasteiger partial charge in [0.15, 0.2) is 5.11 Å². The van der Waals surface area contributed by atoms with E-state index in [2.05, 4.69) is 10.6 Å². The maximum atomic E-state index is 10.2. The Labute approximate surface area is 87.5 Å². The Kier molecular flexibility index (Phi) is 6.70. The van der Waals surface area contributed by atoms with E-state index in [1.807, 2.05) is 13.8 Å². The summed E-state index contributed by atoms with van der Waals surface area (Å²) >= 11 is 6.23. The third-order valence-electron chi connectivity index (χ3n) is 1.13. The van der Waals surface area contributed by atoms with Crippen LogP contribution in [0.4, 0.5) is 0 Å². The number of rotatable bonds is 5. The van der Waals surface area contributed by atoms with Gasteiger partial charge in [-0.15, -0.1) is 11.8 Å². The van der Waals surface area contributed by atoms with Crippen molar-refractivity contribution in [3.8, 4) is 0 Å². The summed E-state index contributed by atoms with van der Waals surface area (Å²) < 4.78 is 0. The maximum absolute atomic E-state index is 10.2. The minimum Gasteiger partial charge on any atom is -0.481 e. The molecule has 76 valence electrons. The van der Waals surface area contributed by atoms with E-state index in [0.717, 1.165) is 6.54 Å². The molecule has 0 aliphatic heterocycles. The van der Waals surface area contributed by atoms with Crippen LogP contribution in [0.15, 0.2) is 0 Å². The van der Waals surface area contributed by atoms with Crippen molar-refractivity contribution in [2.75, 3.05) is 12.3 Å². The highest BCUT2D eigenvalue weighted by molar-refractivity contribution is 8.00. The summed E-state index contributed by atoms with van der Waals surface area (Å²) in [5.74, 6) is -0.726. The third kappa shape index (κ3) is 7.86. The number of thioether (sulfide) groups is 1. The van der Waals surface area contributed by atoms with Crippen molar-refractivity contribution in [2.45, 2.75) is 19.2 Å². The Morgan fingerprint density at radius 3 is 2.77 bits per heavy atom. The predicted octanol–water partition coefficient (Wildman–Crippen LogP) is 0.634. The summed E-state index contributed by atoms with van der Waals surface area (Å²) in [6.45, 7) is 4.59. The van der Waals surface area contributed by atoms with Crippen molar-refractivity contribution in [1.29, 1.82) is 0 Å². The molecule has 0 amide bonds. The van der Waals surface area contributed by atoms with Gasteiger partial charge in [-0.2, -0.15) is 0 Å². The van der Waals surface area contributed by atoms with Crippen LogP contribution < -0.4 is 10.6 Å². The van der Waals surface area contributed by atoms with Crippen molar-refractivity contribution in [3.05, 3.63) is 0 Å². The van der Waals surface area contributed by atoms with E-state index in [9.17, 15) is 4.79 Å². The average Bonchev–Trinajstić information content (AvgIpc) is 2.01. The van der Waals surface area contributed by atoms with Crippen molar-refractivity contribution in [3.63, 3.8) is 0 Å². The lowest BCUT2D eigenvalue weighted by molar-refractivity contribution is -0.133. The van der Waals surface area contributed by atoms with Gasteiger partial charge >= 0.3 is 5.97 Å². The first-order chi connectivity index (χ1) is 6.06. The first-order valence-corrected chi connectivity index (χ1v) is 5.39. The fourth-order valence-electron chi connectivity index (χ4n) is 0.634. The van der Waals surface area contributed by atoms with Crippen molar-refractivity contribution >= 4 is 35.1 Å². The molecule has 0 heterocycles. The zero-order valence-electron chi connectivity index (χ0n) is 7.66. The lowest BCUT2D eigenvalue weighted by Gasteiger charge is -2.14. The second-order valence-electron chi connectivity index (χ2n) is 2.35. The fraction of sp³-hybridized carbons (Fsp3) is 0.714. The molecule has 3 N–H and O–H groups in total. The first kappa shape index (κ1) is 12.5. The Morgan fingerprint density at radius 1 is 1.69 bits per heavy atom. The average molecular weight is 222 g/mol. The van der Waals surface area contributed by atoms with Crippen LogP contribution in [-0.4, -0.2) is 33.9 Å². The molecule has 0 saturated carbocycles. The number of hydrogen-bond donors (Lipinski definition) is 3. The van der Waals surface area contributed by atoms with Crippen LogP contribution in [0.3, 0.4) is 0 Å². The number of aliphatic carboxylic acids is 1. The molecule has 0 spiro atoms. The lowest BCUT2D eigenvalue weighted by atomic mass is 10.7. The van der Waals surface area contributed by atoms with Crippen LogP contribution in [0.5, 0.6) is 0 Å². The number of hydrogen-bond acceptors (Lipinski definition) is 3. The van der Waals surface area contributed by atoms with Crippen LogP contribution in [0.25, 0.3) is 0 Å². The number of thiocarbonyl (C=S) groups is 1. The summed E-state index contributed by atoms with van der Waals surface area (Å²) in [5, 5.41) is 14.9. The molecule has 0 rings (SSSR count). The molecule has 0 aromatic heterocycles. The van der Waals surface area contributed by atoms with Gasteiger partial charge in [-0.3, -0.25) is 4.79 Å². The molecule has 0 fully saturated rings. The summed E-state index contributed by atoms with van der Waals surface area (Å²) in [5.41, 5.74) is 0. The topological polar surface area (TPSA) is 61.4 Å². The molecule has 0 saturated heterocycles. The number of nitrogens with one attached hydrogen (secondary N) is 2. The molecule has 6 heteroatoms. The van der Waals surface area contributed by atoms with Crippen LogP contribution in [-0.2, 0) is 4.79 Å². The summed E-state index contributed by atoms with van der Waals surface area (Å²) in [6.07, 6.45) is 0. The Bertz CT molecular complexity index is 187. The molecular formula is C7H14N2O2S2. The second-order valence-corrected chi connectivity index (χ2v) is 4.09. The third-order valence-corrected chi connectivity index (χ3v) is 2.42. The van der Waals surface area contributed by atoms with Crippen molar-refractivity contribution in [2.24, 2.45) is 0 Å². The van der Waals surface area contributed by atoms with Crippen LogP contribution in [0.2, 0.25) is 0 Å². The second kappa shape index (κ2) is 6.97. The van der Waals surface area contributed by atoms with Gasteiger partial charge < -0.3 is 15.7 Å². The Hall–Kier alpha value is -0.490. The zero-order chi connectivity index (χ0) is 10.3. The molecule has 4 nitrogen and oxygen atoms in total. The number of carbonyl (C=O) groups is 1. The van der Waals surface area contributed by atoms with E-state index >= 15 is 0 Å². The summed E-state index contributed by atoms with van der Waals surface area (Å²) in [6, 6.07) is 0. The van der Waals surface area contributed by atoms with Gasteiger partial charge in [0.05, 0.1) is 11.1 Å². The summed E-state index contributed by atoms with van der Waals surface area (Å²) in [4.78, 5) is 10.2. The lowest BCUT2D eigenvalue weighted by Crippen LogP contribution is -2.39. The van der Waals surface area contributed by atoms with E-state index in [4.69, 9.17) is 17.3 Å². The highest BCUT2D eigenvalue weighted by atomic mass is 32.2. The van der Waals surface area contributed by atoms with E-state index < -0.39 is 5.97 Å². The smallest absolute Gasteiger partial charge is 0.313 e. The van der Waals surface area contributed by atoms with Gasteiger partial charge in [0.1, 0.15) is 0 Å². The quantitative estimate of drug-likeness (QED) is 0.468. The molecule has 1 unspecified atom stereocenters. The number of carboxylic acids is 1. The Balaban J connectivity index is 3.55. The Morgan fingerprint density at radius 2 is 2.31 bits per heavy atom. The van der Waals surface area contributed by atoms with Gasteiger partial charge in [-0.1, -0.05) is 0 Å². The normalized spacial score (nSPS) is 11.8. The molecular weight excluding hydrogens is 208 g/mol. The van der Waals surface area contributed by atoms with Crippen molar-refractivity contribution in [1.82, 2.24) is 10.6 Å². The standard InChI is InChI=1S/C7H14N2O2S2/c1-3-8-7(12)9-5(2)13-4-6(10)11/h5H,3-4H2,1-2H3,(H,10,11)(H2,8,9,12).